The number of amides is 1. The third-order valence-corrected chi connectivity index (χ3v) is 7.24. The highest BCUT2D eigenvalue weighted by molar-refractivity contribution is 7.22. The maximum Gasteiger partial charge on any atom is 0.294 e. The highest BCUT2D eigenvalue weighted by Gasteiger charge is 2.23. The Hall–Kier alpha value is -3.17. The van der Waals surface area contributed by atoms with Gasteiger partial charge < -0.3 is 14.6 Å². The molecule has 8 nitrogen and oxygen atoms in total. The minimum absolute atomic E-state index is 0.259. The molecule has 4 heterocycles. The molecule has 3 aromatic heterocycles. The lowest BCUT2D eigenvalue weighted by atomic mass is 10.1. The summed E-state index contributed by atoms with van der Waals surface area (Å²) < 4.78 is 7.39. The Morgan fingerprint density at radius 3 is 2.79 bits per heavy atom. The fourth-order valence-corrected chi connectivity index (χ4v) is 5.19. The summed E-state index contributed by atoms with van der Waals surface area (Å²) in [6.07, 6.45) is 4.97. The van der Waals surface area contributed by atoms with Gasteiger partial charge in [-0.05, 0) is 56.0 Å². The molecule has 4 aromatic rings. The first-order chi connectivity index (χ1) is 16.0. The van der Waals surface area contributed by atoms with Crippen LogP contribution in [0.4, 0.5) is 10.8 Å². The van der Waals surface area contributed by atoms with Gasteiger partial charge in [-0.25, -0.2) is 9.67 Å². The van der Waals surface area contributed by atoms with Crippen LogP contribution in [0.5, 0.6) is 0 Å². The second-order valence-corrected chi connectivity index (χ2v) is 9.36. The van der Waals surface area contributed by atoms with E-state index in [-0.39, 0.29) is 12.5 Å². The quantitative estimate of drug-likeness (QED) is 0.442. The smallest absolute Gasteiger partial charge is 0.294 e. The predicted octanol–water partition coefficient (Wildman–Crippen LogP) is 4.70. The van der Waals surface area contributed by atoms with Gasteiger partial charge >= 0.3 is 0 Å². The summed E-state index contributed by atoms with van der Waals surface area (Å²) in [6, 6.07) is 8.82. The van der Waals surface area contributed by atoms with Crippen LogP contribution in [0, 0.1) is 6.92 Å². The zero-order valence-corrected chi connectivity index (χ0v) is 19.6. The van der Waals surface area contributed by atoms with Crippen LogP contribution < -0.4 is 15.8 Å². The van der Waals surface area contributed by atoms with Crippen molar-refractivity contribution in [3.63, 3.8) is 0 Å². The van der Waals surface area contributed by atoms with Crippen LogP contribution in [0.15, 0.2) is 45.8 Å². The van der Waals surface area contributed by atoms with Gasteiger partial charge in [0.1, 0.15) is 12.2 Å². The average molecular weight is 484 g/mol. The Kier molecular flexibility index (Phi) is 5.90. The van der Waals surface area contributed by atoms with Crippen molar-refractivity contribution in [2.75, 3.05) is 23.3 Å². The average Bonchev–Trinajstić information content (AvgIpc) is 3.50. The monoisotopic (exact) mass is 483 g/mol. The molecule has 0 aliphatic carbocycles. The van der Waals surface area contributed by atoms with Crippen molar-refractivity contribution in [1.82, 2.24) is 14.8 Å². The number of carbonyl (C=O) groups is 1. The maximum atomic E-state index is 13.2. The number of piperidine rings is 1. The van der Waals surface area contributed by atoms with Crippen molar-refractivity contribution in [3.8, 4) is 11.5 Å². The minimum atomic E-state index is -0.405. The molecule has 33 heavy (non-hydrogen) atoms. The molecule has 0 unspecified atom stereocenters. The van der Waals surface area contributed by atoms with Crippen molar-refractivity contribution in [1.29, 1.82) is 0 Å². The van der Waals surface area contributed by atoms with Gasteiger partial charge in [-0.2, -0.15) is 5.10 Å². The Morgan fingerprint density at radius 2 is 2.03 bits per heavy atom. The van der Waals surface area contributed by atoms with Gasteiger partial charge in [-0.1, -0.05) is 29.0 Å². The lowest BCUT2D eigenvalue weighted by molar-refractivity contribution is -0.117. The predicted molar refractivity (Wildman–Crippen MR) is 130 cm³/mol. The molecule has 0 atom stereocenters. The number of halogens is 1. The summed E-state index contributed by atoms with van der Waals surface area (Å²) in [7, 11) is 0. The number of hydrogen-bond donors (Lipinski definition) is 1. The van der Waals surface area contributed by atoms with Crippen molar-refractivity contribution >= 4 is 49.9 Å². The van der Waals surface area contributed by atoms with E-state index < -0.39 is 5.56 Å². The van der Waals surface area contributed by atoms with Crippen LogP contribution >= 0.6 is 22.9 Å². The summed E-state index contributed by atoms with van der Waals surface area (Å²) >= 11 is 7.59. The van der Waals surface area contributed by atoms with Crippen LogP contribution in [-0.2, 0) is 11.3 Å². The summed E-state index contributed by atoms with van der Waals surface area (Å²) in [4.78, 5) is 32.9. The summed E-state index contributed by atoms with van der Waals surface area (Å²) in [5.41, 5.74) is 1.74. The van der Waals surface area contributed by atoms with E-state index in [2.05, 4.69) is 20.3 Å². The van der Waals surface area contributed by atoms with E-state index in [0.29, 0.717) is 32.4 Å². The molecule has 1 fully saturated rings. The Balaban J connectivity index is 1.53. The summed E-state index contributed by atoms with van der Waals surface area (Å²) in [6.45, 7) is 3.39. The molecule has 0 radical (unpaired) electrons. The fraction of sp³-hybridized carbons (Fsp3) is 0.304. The number of aromatic nitrogens is 3. The molecule has 0 saturated carbocycles. The first-order valence-corrected chi connectivity index (χ1v) is 12.0. The van der Waals surface area contributed by atoms with Crippen LogP contribution in [-0.4, -0.2) is 33.8 Å². The minimum Gasteiger partial charge on any atom is -0.463 e. The Morgan fingerprint density at radius 1 is 1.21 bits per heavy atom. The highest BCUT2D eigenvalue weighted by atomic mass is 35.5. The van der Waals surface area contributed by atoms with Gasteiger partial charge in [0.2, 0.25) is 5.91 Å². The first-order valence-electron chi connectivity index (χ1n) is 10.8. The van der Waals surface area contributed by atoms with Crippen LogP contribution in [0.3, 0.4) is 0 Å². The van der Waals surface area contributed by atoms with Gasteiger partial charge in [0, 0.05) is 23.8 Å². The molecule has 10 heteroatoms. The van der Waals surface area contributed by atoms with Crippen molar-refractivity contribution in [2.45, 2.75) is 32.7 Å². The molecule has 1 saturated heterocycles. The van der Waals surface area contributed by atoms with Gasteiger partial charge in [-0.3, -0.25) is 9.59 Å². The zero-order valence-electron chi connectivity index (χ0n) is 18.0. The van der Waals surface area contributed by atoms with Gasteiger partial charge in [0.05, 0.1) is 11.0 Å². The number of nitrogens with zero attached hydrogens (tertiary/aromatic N) is 4. The molecule has 1 aliphatic heterocycles. The lowest BCUT2D eigenvalue weighted by Crippen LogP contribution is -2.31. The number of rotatable bonds is 5. The number of furan rings is 1. The van der Waals surface area contributed by atoms with E-state index in [1.54, 1.807) is 36.6 Å². The van der Waals surface area contributed by atoms with Crippen LogP contribution in [0.2, 0.25) is 5.02 Å². The summed E-state index contributed by atoms with van der Waals surface area (Å²) in [5, 5.41) is 8.66. The molecule has 1 N–H and O–H groups in total. The van der Waals surface area contributed by atoms with Crippen LogP contribution in [0.1, 0.15) is 24.8 Å². The lowest BCUT2D eigenvalue weighted by Gasteiger charge is -2.25. The molecular formula is C23H22ClN5O3S. The molecular weight excluding hydrogens is 462 g/mol. The van der Waals surface area contributed by atoms with E-state index in [1.165, 1.54) is 17.8 Å². The number of benzene rings is 1. The van der Waals surface area contributed by atoms with Crippen molar-refractivity contribution < 1.29 is 9.21 Å². The molecule has 5 rings (SSSR count). The number of hydrogen-bond acceptors (Lipinski definition) is 7. The van der Waals surface area contributed by atoms with E-state index in [9.17, 15) is 9.59 Å². The van der Waals surface area contributed by atoms with Crippen LogP contribution in [0.25, 0.3) is 21.7 Å². The largest absolute Gasteiger partial charge is 0.463 e. The summed E-state index contributed by atoms with van der Waals surface area (Å²) in [5.74, 6) is 0.139. The standard InChI is InChI=1S/C23H22ClN5O3S/c1-14-15(24)7-5-8-16(14)25-18(30)13-29-22(31)20-21(19(27-29)17-9-6-12-32-17)33-23(26-20)28-10-3-2-4-11-28/h5-9,12H,2-4,10-11,13H2,1H3,(H,25,30). The molecule has 1 amide bonds. The second-order valence-electron chi connectivity index (χ2n) is 7.97. The highest BCUT2D eigenvalue weighted by Crippen LogP contribution is 2.34. The Labute approximate surface area is 198 Å². The molecule has 1 aliphatic rings. The number of nitrogens with one attached hydrogen (secondary N) is 1. The normalized spacial score (nSPS) is 14.1. The molecule has 1 aromatic carbocycles. The van der Waals surface area contributed by atoms with E-state index in [4.69, 9.17) is 16.0 Å². The van der Waals surface area contributed by atoms with Gasteiger partial charge in [0.25, 0.3) is 5.56 Å². The van der Waals surface area contributed by atoms with Crippen molar-refractivity contribution in [3.05, 3.63) is 57.5 Å². The number of anilines is 2. The topological polar surface area (TPSA) is 93.3 Å². The molecule has 170 valence electrons. The van der Waals surface area contributed by atoms with Crippen molar-refractivity contribution in [2.24, 2.45) is 0 Å². The Bertz CT molecular complexity index is 1370. The maximum absolute atomic E-state index is 13.2. The second kappa shape index (κ2) is 8.99. The van der Waals surface area contributed by atoms with Gasteiger partial charge in [0.15, 0.2) is 16.4 Å². The third kappa shape index (κ3) is 4.26. The zero-order chi connectivity index (χ0) is 22.9. The van der Waals surface area contributed by atoms with Gasteiger partial charge in [-0.15, -0.1) is 0 Å². The SMILES string of the molecule is Cc1c(Cl)cccc1NC(=O)Cn1nc(-c2ccco2)c2sc(N3CCCCC3)nc2c1=O. The van der Waals surface area contributed by atoms with E-state index in [1.807, 2.05) is 6.92 Å². The molecule has 0 bridgehead atoms. The first kappa shape index (κ1) is 21.7. The molecule has 0 spiro atoms. The van der Waals surface area contributed by atoms with E-state index in [0.717, 1.165) is 41.3 Å². The number of fused-ring (bicyclic) bond motifs is 1. The fourth-order valence-electron chi connectivity index (χ4n) is 3.92. The third-order valence-electron chi connectivity index (χ3n) is 5.70. The number of carbonyl (C=O) groups excluding carboxylic acids is 1. The number of thiazole rings is 1. The van der Waals surface area contributed by atoms with E-state index >= 15 is 0 Å².